The van der Waals surface area contributed by atoms with E-state index in [1.54, 1.807) is 7.11 Å². The highest BCUT2D eigenvalue weighted by atomic mass is 35.5. The number of aryl methyl sites for hydroxylation is 1. The second-order valence-electron chi connectivity index (χ2n) is 5.69. The Morgan fingerprint density at radius 1 is 1.08 bits per heavy atom. The van der Waals surface area contributed by atoms with Gasteiger partial charge in [0.1, 0.15) is 5.75 Å². The molecule has 0 atom stereocenters. The molecule has 0 spiro atoms. The minimum atomic E-state index is 0. The van der Waals surface area contributed by atoms with Gasteiger partial charge in [0.15, 0.2) is 0 Å². The standard InChI is InChI=1S/C20H26N2O2.ClH/c1-3-21-15-17-8-4-5-9-19(17)22-20(23)10-6-7-16-11-13-18(24-2)14-12-16;/h4-5,8-9,11-14,21H,3,6-7,10,15H2,1-2H3,(H,22,23);1H. The van der Waals surface area contributed by atoms with Gasteiger partial charge in [0.2, 0.25) is 5.91 Å². The van der Waals surface area contributed by atoms with Crippen molar-refractivity contribution in [3.05, 3.63) is 59.7 Å². The van der Waals surface area contributed by atoms with E-state index in [-0.39, 0.29) is 18.3 Å². The summed E-state index contributed by atoms with van der Waals surface area (Å²) < 4.78 is 5.15. The van der Waals surface area contributed by atoms with Gasteiger partial charge < -0.3 is 15.4 Å². The zero-order chi connectivity index (χ0) is 17.2. The van der Waals surface area contributed by atoms with Crippen molar-refractivity contribution < 1.29 is 9.53 Å². The topological polar surface area (TPSA) is 50.4 Å². The second kappa shape index (κ2) is 11.5. The summed E-state index contributed by atoms with van der Waals surface area (Å²) in [5.74, 6) is 0.918. The van der Waals surface area contributed by atoms with Gasteiger partial charge in [-0.3, -0.25) is 4.79 Å². The van der Waals surface area contributed by atoms with Crippen LogP contribution in [-0.4, -0.2) is 19.6 Å². The third-order valence-corrected chi connectivity index (χ3v) is 3.89. The Labute approximate surface area is 156 Å². The largest absolute Gasteiger partial charge is 0.497 e. The molecule has 2 N–H and O–H groups in total. The molecule has 0 aliphatic carbocycles. The number of hydrogen-bond donors (Lipinski definition) is 2. The molecule has 0 unspecified atom stereocenters. The van der Waals surface area contributed by atoms with Crippen molar-refractivity contribution >= 4 is 24.0 Å². The molecular formula is C20H27ClN2O2. The van der Waals surface area contributed by atoms with Gasteiger partial charge in [-0.15, -0.1) is 12.4 Å². The molecule has 0 aliphatic heterocycles. The Hall–Kier alpha value is -2.04. The number of anilines is 1. The van der Waals surface area contributed by atoms with E-state index < -0.39 is 0 Å². The number of methoxy groups -OCH3 is 1. The molecule has 0 bridgehead atoms. The minimum Gasteiger partial charge on any atom is -0.497 e. The van der Waals surface area contributed by atoms with Crippen LogP contribution in [0.4, 0.5) is 5.69 Å². The molecule has 1 amide bonds. The van der Waals surface area contributed by atoms with Crippen LogP contribution in [0.2, 0.25) is 0 Å². The van der Waals surface area contributed by atoms with Gasteiger partial charge in [-0.05, 0) is 48.7 Å². The third kappa shape index (κ3) is 7.16. The SMILES string of the molecule is CCNCc1ccccc1NC(=O)CCCc1ccc(OC)cc1.Cl. The molecule has 0 radical (unpaired) electrons. The van der Waals surface area contributed by atoms with E-state index in [0.29, 0.717) is 6.42 Å². The number of benzene rings is 2. The maximum atomic E-state index is 12.2. The first-order valence-corrected chi connectivity index (χ1v) is 8.44. The molecule has 0 saturated carbocycles. The van der Waals surface area contributed by atoms with Gasteiger partial charge in [-0.1, -0.05) is 37.3 Å². The highest BCUT2D eigenvalue weighted by Gasteiger charge is 2.06. The summed E-state index contributed by atoms with van der Waals surface area (Å²) >= 11 is 0. The van der Waals surface area contributed by atoms with E-state index in [1.807, 2.05) is 48.5 Å². The quantitative estimate of drug-likeness (QED) is 0.703. The number of hydrogen-bond acceptors (Lipinski definition) is 3. The van der Waals surface area contributed by atoms with E-state index in [4.69, 9.17) is 4.74 Å². The number of para-hydroxylation sites is 1. The molecule has 2 aromatic carbocycles. The molecule has 2 aromatic rings. The van der Waals surface area contributed by atoms with Crippen LogP contribution in [0.15, 0.2) is 48.5 Å². The van der Waals surface area contributed by atoms with Gasteiger partial charge >= 0.3 is 0 Å². The van der Waals surface area contributed by atoms with Crippen LogP contribution < -0.4 is 15.4 Å². The molecule has 0 aliphatic rings. The summed E-state index contributed by atoms with van der Waals surface area (Å²) in [4.78, 5) is 12.2. The van der Waals surface area contributed by atoms with Gasteiger partial charge in [0, 0.05) is 18.7 Å². The van der Waals surface area contributed by atoms with Crippen LogP contribution in [0.5, 0.6) is 5.75 Å². The van der Waals surface area contributed by atoms with Crippen molar-refractivity contribution in [2.45, 2.75) is 32.7 Å². The molecule has 136 valence electrons. The van der Waals surface area contributed by atoms with Crippen LogP contribution in [0.25, 0.3) is 0 Å². The lowest BCUT2D eigenvalue weighted by Crippen LogP contribution is -2.16. The number of amides is 1. The number of halogens is 1. The van der Waals surface area contributed by atoms with Crippen LogP contribution in [0.3, 0.4) is 0 Å². The Morgan fingerprint density at radius 2 is 1.80 bits per heavy atom. The summed E-state index contributed by atoms with van der Waals surface area (Å²) in [6, 6.07) is 15.9. The molecule has 5 heteroatoms. The van der Waals surface area contributed by atoms with Crippen LogP contribution >= 0.6 is 12.4 Å². The van der Waals surface area contributed by atoms with Crippen molar-refractivity contribution in [2.75, 3.05) is 19.0 Å². The highest BCUT2D eigenvalue weighted by molar-refractivity contribution is 5.91. The van der Waals surface area contributed by atoms with Crippen molar-refractivity contribution in [3.63, 3.8) is 0 Å². The summed E-state index contributed by atoms with van der Waals surface area (Å²) in [7, 11) is 1.66. The molecule has 0 saturated heterocycles. The summed E-state index contributed by atoms with van der Waals surface area (Å²) in [6.45, 7) is 3.74. The highest BCUT2D eigenvalue weighted by Crippen LogP contribution is 2.16. The minimum absolute atomic E-state index is 0. The Balaban J connectivity index is 0.00000312. The van der Waals surface area contributed by atoms with E-state index in [2.05, 4.69) is 17.6 Å². The van der Waals surface area contributed by atoms with E-state index in [9.17, 15) is 4.79 Å². The molecule has 0 fully saturated rings. The maximum Gasteiger partial charge on any atom is 0.224 e. The Kier molecular flexibility index (Phi) is 9.66. The molecular weight excluding hydrogens is 336 g/mol. The number of carbonyl (C=O) groups is 1. The van der Waals surface area contributed by atoms with E-state index in [1.165, 1.54) is 5.56 Å². The summed E-state index contributed by atoms with van der Waals surface area (Å²) in [6.07, 6.45) is 2.23. The monoisotopic (exact) mass is 362 g/mol. The fourth-order valence-corrected chi connectivity index (χ4v) is 2.51. The summed E-state index contributed by atoms with van der Waals surface area (Å²) in [5.41, 5.74) is 3.23. The molecule has 25 heavy (non-hydrogen) atoms. The van der Waals surface area contributed by atoms with Gasteiger partial charge in [-0.25, -0.2) is 0 Å². The predicted molar refractivity (Wildman–Crippen MR) is 106 cm³/mol. The van der Waals surface area contributed by atoms with Crippen LogP contribution in [-0.2, 0) is 17.8 Å². The average Bonchev–Trinajstić information content (AvgIpc) is 2.61. The lowest BCUT2D eigenvalue weighted by atomic mass is 10.1. The average molecular weight is 363 g/mol. The smallest absolute Gasteiger partial charge is 0.224 e. The zero-order valence-electron chi connectivity index (χ0n) is 14.9. The number of ether oxygens (including phenoxy) is 1. The van der Waals surface area contributed by atoms with Crippen LogP contribution in [0, 0.1) is 0 Å². The van der Waals surface area contributed by atoms with E-state index in [0.717, 1.165) is 42.9 Å². The molecule has 0 heterocycles. The fraction of sp³-hybridized carbons (Fsp3) is 0.350. The fourth-order valence-electron chi connectivity index (χ4n) is 2.51. The molecule has 0 aromatic heterocycles. The van der Waals surface area contributed by atoms with Crippen molar-refractivity contribution in [2.24, 2.45) is 0 Å². The van der Waals surface area contributed by atoms with E-state index >= 15 is 0 Å². The first-order chi connectivity index (χ1) is 11.7. The van der Waals surface area contributed by atoms with Crippen molar-refractivity contribution in [1.82, 2.24) is 5.32 Å². The number of rotatable bonds is 9. The summed E-state index contributed by atoms with van der Waals surface area (Å²) in [5, 5.41) is 6.32. The van der Waals surface area contributed by atoms with Crippen LogP contribution in [0.1, 0.15) is 30.9 Å². The first kappa shape index (κ1) is 21.0. The zero-order valence-corrected chi connectivity index (χ0v) is 15.7. The second-order valence-corrected chi connectivity index (χ2v) is 5.69. The molecule has 4 nitrogen and oxygen atoms in total. The number of nitrogens with one attached hydrogen (secondary N) is 2. The van der Waals surface area contributed by atoms with Gasteiger partial charge in [0.25, 0.3) is 0 Å². The predicted octanol–water partition coefficient (Wildman–Crippen LogP) is 4.19. The van der Waals surface area contributed by atoms with Gasteiger partial charge in [0.05, 0.1) is 7.11 Å². The normalized spacial score (nSPS) is 10.0. The number of carbonyl (C=O) groups excluding carboxylic acids is 1. The Morgan fingerprint density at radius 3 is 2.48 bits per heavy atom. The van der Waals surface area contributed by atoms with Crippen molar-refractivity contribution in [1.29, 1.82) is 0 Å². The molecule has 2 rings (SSSR count). The van der Waals surface area contributed by atoms with Gasteiger partial charge in [-0.2, -0.15) is 0 Å². The first-order valence-electron chi connectivity index (χ1n) is 8.44. The third-order valence-electron chi connectivity index (χ3n) is 3.89. The Bertz CT molecular complexity index is 644. The lowest BCUT2D eigenvalue weighted by Gasteiger charge is -2.11. The van der Waals surface area contributed by atoms with Crippen molar-refractivity contribution in [3.8, 4) is 5.75 Å². The lowest BCUT2D eigenvalue weighted by molar-refractivity contribution is -0.116. The maximum absolute atomic E-state index is 12.2.